The van der Waals surface area contributed by atoms with Gasteiger partial charge in [0, 0.05) is 6.07 Å². The standard InChI is InChI=1S/C13H16N4O3S/c1-4-14-8(2)12-15-16-13(21-12)10-6-5-9(17(18)19)7-11(10)20-3/h5-8,14H,4H2,1-3H3. The van der Waals surface area contributed by atoms with Crippen LogP contribution in [0.1, 0.15) is 24.9 Å². The average molecular weight is 308 g/mol. The number of nitrogens with zero attached hydrogens (tertiary/aromatic N) is 3. The summed E-state index contributed by atoms with van der Waals surface area (Å²) in [6.07, 6.45) is 0. The number of hydrogen-bond donors (Lipinski definition) is 1. The van der Waals surface area contributed by atoms with Gasteiger partial charge in [0.05, 0.1) is 29.7 Å². The predicted molar refractivity (Wildman–Crippen MR) is 80.6 cm³/mol. The summed E-state index contributed by atoms with van der Waals surface area (Å²) < 4.78 is 5.23. The minimum Gasteiger partial charge on any atom is -0.496 e. The second-order valence-electron chi connectivity index (χ2n) is 4.37. The number of non-ortho nitro benzene ring substituents is 1. The normalized spacial score (nSPS) is 12.1. The molecular weight excluding hydrogens is 292 g/mol. The molecule has 0 radical (unpaired) electrons. The van der Waals surface area contributed by atoms with Gasteiger partial charge in [0.25, 0.3) is 5.69 Å². The fourth-order valence-electron chi connectivity index (χ4n) is 1.88. The summed E-state index contributed by atoms with van der Waals surface area (Å²) in [5.41, 5.74) is 0.692. The number of methoxy groups -OCH3 is 1. The highest BCUT2D eigenvalue weighted by atomic mass is 32.1. The van der Waals surface area contributed by atoms with Crippen molar-refractivity contribution in [1.82, 2.24) is 15.5 Å². The van der Waals surface area contributed by atoms with Crippen LogP contribution in [0.15, 0.2) is 18.2 Å². The van der Waals surface area contributed by atoms with Gasteiger partial charge in [-0.25, -0.2) is 0 Å². The van der Waals surface area contributed by atoms with E-state index in [-0.39, 0.29) is 11.7 Å². The van der Waals surface area contributed by atoms with E-state index in [4.69, 9.17) is 4.74 Å². The van der Waals surface area contributed by atoms with Gasteiger partial charge in [0.15, 0.2) is 5.01 Å². The van der Waals surface area contributed by atoms with E-state index in [9.17, 15) is 10.1 Å². The zero-order valence-electron chi connectivity index (χ0n) is 12.0. The molecule has 0 bridgehead atoms. The third-order valence-corrected chi connectivity index (χ3v) is 4.09. The molecule has 0 aliphatic heterocycles. The number of hydrogen-bond acceptors (Lipinski definition) is 7. The molecule has 0 saturated carbocycles. The lowest BCUT2D eigenvalue weighted by Gasteiger charge is -2.07. The molecule has 0 fully saturated rings. The zero-order chi connectivity index (χ0) is 15.4. The van der Waals surface area contributed by atoms with E-state index in [0.717, 1.165) is 11.6 Å². The fraction of sp³-hybridized carbons (Fsp3) is 0.385. The van der Waals surface area contributed by atoms with Crippen LogP contribution >= 0.6 is 11.3 Å². The quantitative estimate of drug-likeness (QED) is 0.652. The number of nitrogens with one attached hydrogen (secondary N) is 1. The van der Waals surface area contributed by atoms with E-state index in [1.807, 2.05) is 13.8 Å². The summed E-state index contributed by atoms with van der Waals surface area (Å²) >= 11 is 1.44. The van der Waals surface area contributed by atoms with E-state index in [1.54, 1.807) is 6.07 Å². The van der Waals surface area contributed by atoms with Crippen LogP contribution in [0.2, 0.25) is 0 Å². The minimum absolute atomic E-state index is 0.0126. The third-order valence-electron chi connectivity index (χ3n) is 2.95. The summed E-state index contributed by atoms with van der Waals surface area (Å²) in [5, 5.41) is 23.9. The molecule has 1 unspecified atom stereocenters. The van der Waals surface area contributed by atoms with Gasteiger partial charge < -0.3 is 10.1 Å². The van der Waals surface area contributed by atoms with Crippen molar-refractivity contribution >= 4 is 17.0 Å². The van der Waals surface area contributed by atoms with Crippen LogP contribution in [-0.4, -0.2) is 28.8 Å². The maximum atomic E-state index is 10.8. The Morgan fingerprint density at radius 2 is 2.24 bits per heavy atom. The molecule has 1 heterocycles. The zero-order valence-corrected chi connectivity index (χ0v) is 12.8. The maximum absolute atomic E-state index is 10.8. The molecule has 0 aliphatic rings. The molecule has 0 amide bonds. The second-order valence-corrected chi connectivity index (χ2v) is 5.38. The van der Waals surface area contributed by atoms with E-state index < -0.39 is 4.92 Å². The monoisotopic (exact) mass is 308 g/mol. The number of ether oxygens (including phenoxy) is 1. The van der Waals surface area contributed by atoms with Crippen molar-refractivity contribution in [2.45, 2.75) is 19.9 Å². The first-order valence-corrected chi connectivity index (χ1v) is 7.28. The van der Waals surface area contributed by atoms with Crippen molar-refractivity contribution in [2.75, 3.05) is 13.7 Å². The first-order valence-electron chi connectivity index (χ1n) is 6.46. The van der Waals surface area contributed by atoms with E-state index in [0.29, 0.717) is 16.3 Å². The molecule has 1 aromatic carbocycles. The third kappa shape index (κ3) is 3.34. The lowest BCUT2D eigenvalue weighted by atomic mass is 10.2. The fourth-order valence-corrected chi connectivity index (χ4v) is 2.78. The number of aromatic nitrogens is 2. The Hall–Kier alpha value is -2.06. The van der Waals surface area contributed by atoms with E-state index in [1.165, 1.54) is 30.6 Å². The van der Waals surface area contributed by atoms with Crippen LogP contribution in [0.25, 0.3) is 10.6 Å². The highest BCUT2D eigenvalue weighted by Gasteiger charge is 2.17. The molecule has 0 aliphatic carbocycles. The summed E-state index contributed by atoms with van der Waals surface area (Å²) in [5.74, 6) is 0.419. The van der Waals surface area contributed by atoms with Crippen molar-refractivity contribution in [3.8, 4) is 16.3 Å². The van der Waals surface area contributed by atoms with Gasteiger partial charge in [0.1, 0.15) is 10.8 Å². The van der Waals surface area contributed by atoms with Crippen LogP contribution < -0.4 is 10.1 Å². The van der Waals surface area contributed by atoms with E-state index in [2.05, 4.69) is 15.5 Å². The Morgan fingerprint density at radius 1 is 1.48 bits per heavy atom. The topological polar surface area (TPSA) is 90.2 Å². The molecule has 1 N–H and O–H groups in total. The minimum atomic E-state index is -0.453. The molecule has 8 heteroatoms. The Kier molecular flexibility index (Phi) is 4.81. The number of benzene rings is 1. The van der Waals surface area contributed by atoms with Crippen LogP contribution in [0.3, 0.4) is 0 Å². The van der Waals surface area contributed by atoms with Gasteiger partial charge in [-0.2, -0.15) is 0 Å². The van der Waals surface area contributed by atoms with Gasteiger partial charge in [-0.3, -0.25) is 10.1 Å². The predicted octanol–water partition coefficient (Wildman–Crippen LogP) is 2.79. The van der Waals surface area contributed by atoms with Gasteiger partial charge in [-0.05, 0) is 19.5 Å². The Labute approximate surface area is 126 Å². The molecule has 2 rings (SSSR count). The smallest absolute Gasteiger partial charge is 0.273 e. The van der Waals surface area contributed by atoms with Crippen LogP contribution in [0, 0.1) is 10.1 Å². The molecule has 0 saturated heterocycles. The number of nitro groups is 1. The van der Waals surface area contributed by atoms with Gasteiger partial charge >= 0.3 is 0 Å². The summed E-state index contributed by atoms with van der Waals surface area (Å²) in [4.78, 5) is 10.3. The number of rotatable bonds is 6. The Balaban J connectivity index is 2.35. The molecule has 2 aromatic rings. The molecule has 112 valence electrons. The van der Waals surface area contributed by atoms with Crippen molar-refractivity contribution in [2.24, 2.45) is 0 Å². The van der Waals surface area contributed by atoms with Crippen molar-refractivity contribution in [1.29, 1.82) is 0 Å². The lowest BCUT2D eigenvalue weighted by Crippen LogP contribution is -2.17. The first kappa shape index (κ1) is 15.3. The van der Waals surface area contributed by atoms with Crippen molar-refractivity contribution in [3.63, 3.8) is 0 Å². The molecule has 21 heavy (non-hydrogen) atoms. The van der Waals surface area contributed by atoms with Gasteiger partial charge in [0.2, 0.25) is 0 Å². The maximum Gasteiger partial charge on any atom is 0.273 e. The molecular formula is C13H16N4O3S. The van der Waals surface area contributed by atoms with Crippen LogP contribution in [0.4, 0.5) is 5.69 Å². The van der Waals surface area contributed by atoms with Crippen molar-refractivity contribution < 1.29 is 9.66 Å². The molecule has 1 aromatic heterocycles. The Morgan fingerprint density at radius 3 is 2.86 bits per heavy atom. The molecule has 7 nitrogen and oxygen atoms in total. The van der Waals surface area contributed by atoms with Crippen LogP contribution in [0.5, 0.6) is 5.75 Å². The van der Waals surface area contributed by atoms with Crippen molar-refractivity contribution in [3.05, 3.63) is 33.3 Å². The summed E-state index contributed by atoms with van der Waals surface area (Å²) in [6, 6.07) is 4.58. The summed E-state index contributed by atoms with van der Waals surface area (Å²) in [6.45, 7) is 4.88. The first-order chi connectivity index (χ1) is 10.1. The van der Waals surface area contributed by atoms with Gasteiger partial charge in [-0.15, -0.1) is 10.2 Å². The lowest BCUT2D eigenvalue weighted by molar-refractivity contribution is -0.384. The molecule has 1 atom stereocenters. The highest BCUT2D eigenvalue weighted by Crippen LogP contribution is 2.35. The average Bonchev–Trinajstić information content (AvgIpc) is 2.96. The highest BCUT2D eigenvalue weighted by molar-refractivity contribution is 7.14. The van der Waals surface area contributed by atoms with Crippen LogP contribution in [-0.2, 0) is 0 Å². The summed E-state index contributed by atoms with van der Waals surface area (Å²) in [7, 11) is 1.48. The number of nitro benzene ring substituents is 1. The van der Waals surface area contributed by atoms with Gasteiger partial charge in [-0.1, -0.05) is 18.3 Å². The van der Waals surface area contributed by atoms with E-state index >= 15 is 0 Å². The molecule has 0 spiro atoms. The second kappa shape index (κ2) is 6.59. The largest absolute Gasteiger partial charge is 0.496 e. The Bertz CT molecular complexity index is 644. The SMILES string of the molecule is CCNC(C)c1nnc(-c2ccc([N+](=O)[O-])cc2OC)s1.